The average molecular weight is 325 g/mol. The number of aromatic nitrogens is 2. The van der Waals surface area contributed by atoms with E-state index in [1.54, 1.807) is 31.3 Å². The molecule has 0 fully saturated rings. The number of nitrogens with zero attached hydrogens (tertiary/aromatic N) is 2. The lowest BCUT2D eigenvalue weighted by atomic mass is 10.1. The Morgan fingerprint density at radius 2 is 1.79 bits per heavy atom. The first kappa shape index (κ1) is 15.9. The first-order valence-electron chi connectivity index (χ1n) is 7.50. The van der Waals surface area contributed by atoms with Crippen LogP contribution >= 0.6 is 0 Å². The van der Waals surface area contributed by atoms with E-state index in [9.17, 15) is 14.0 Å². The summed E-state index contributed by atoms with van der Waals surface area (Å²) in [5, 5.41) is 8.31. The second kappa shape index (κ2) is 6.62. The van der Waals surface area contributed by atoms with E-state index in [0.717, 1.165) is 10.9 Å². The van der Waals surface area contributed by atoms with Gasteiger partial charge in [-0.2, -0.15) is 5.10 Å². The molecule has 1 heterocycles. The minimum absolute atomic E-state index is 0.157. The van der Waals surface area contributed by atoms with Gasteiger partial charge in [-0.15, -0.1) is 0 Å². The monoisotopic (exact) mass is 325 g/mol. The molecule has 0 unspecified atom stereocenters. The van der Waals surface area contributed by atoms with Crippen LogP contribution in [0.4, 0.5) is 4.39 Å². The maximum absolute atomic E-state index is 12.9. The van der Waals surface area contributed by atoms with E-state index in [-0.39, 0.29) is 30.2 Å². The molecule has 0 aliphatic rings. The molecule has 122 valence electrons. The maximum atomic E-state index is 12.9. The van der Waals surface area contributed by atoms with E-state index in [2.05, 4.69) is 10.4 Å². The molecule has 1 amide bonds. The summed E-state index contributed by atoms with van der Waals surface area (Å²) in [5.41, 5.74) is 1.18. The number of hydrogen-bond acceptors (Lipinski definition) is 3. The van der Waals surface area contributed by atoms with Crippen LogP contribution in [0.3, 0.4) is 0 Å². The number of nitrogens with one attached hydrogen (secondary N) is 1. The Morgan fingerprint density at radius 3 is 2.50 bits per heavy atom. The molecule has 2 aromatic carbocycles. The number of halogens is 1. The van der Waals surface area contributed by atoms with E-state index < -0.39 is 0 Å². The minimum atomic E-state index is -0.333. The fourth-order valence-corrected chi connectivity index (χ4v) is 2.54. The molecule has 0 atom stereocenters. The zero-order chi connectivity index (χ0) is 17.1. The summed E-state index contributed by atoms with van der Waals surface area (Å²) >= 11 is 0. The number of carbonyl (C=O) groups excluding carboxylic acids is 1. The standard InChI is InChI=1S/C18H16FN3O2/c1-22-18(24)15-5-3-2-4-14(15)16(21-22)11-20-17(23)10-12-6-8-13(19)9-7-12/h2-9H,10-11H2,1H3,(H,20,23). The van der Waals surface area contributed by atoms with Crippen molar-refractivity contribution in [2.45, 2.75) is 13.0 Å². The summed E-state index contributed by atoms with van der Waals surface area (Å²) in [6, 6.07) is 13.0. The highest BCUT2D eigenvalue weighted by Gasteiger charge is 2.10. The van der Waals surface area contributed by atoms with Crippen LogP contribution in [-0.2, 0) is 24.8 Å². The van der Waals surface area contributed by atoms with Crippen LogP contribution in [0.15, 0.2) is 53.3 Å². The zero-order valence-electron chi connectivity index (χ0n) is 13.1. The van der Waals surface area contributed by atoms with Gasteiger partial charge in [-0.3, -0.25) is 9.59 Å². The fourth-order valence-electron chi connectivity index (χ4n) is 2.54. The van der Waals surface area contributed by atoms with Gasteiger partial charge in [0, 0.05) is 12.4 Å². The quantitative estimate of drug-likeness (QED) is 0.797. The van der Waals surface area contributed by atoms with Crippen molar-refractivity contribution >= 4 is 16.7 Å². The molecule has 0 saturated carbocycles. The van der Waals surface area contributed by atoms with Gasteiger partial charge in [0.15, 0.2) is 0 Å². The van der Waals surface area contributed by atoms with Crippen LogP contribution in [0.2, 0.25) is 0 Å². The molecule has 0 saturated heterocycles. The molecule has 5 nitrogen and oxygen atoms in total. The summed E-state index contributed by atoms with van der Waals surface area (Å²) in [6.45, 7) is 0.217. The van der Waals surface area contributed by atoms with Crippen molar-refractivity contribution in [1.29, 1.82) is 0 Å². The van der Waals surface area contributed by atoms with Crippen molar-refractivity contribution < 1.29 is 9.18 Å². The van der Waals surface area contributed by atoms with Crippen LogP contribution < -0.4 is 10.9 Å². The van der Waals surface area contributed by atoms with E-state index in [4.69, 9.17) is 0 Å². The number of aryl methyl sites for hydroxylation is 1. The van der Waals surface area contributed by atoms with Crippen LogP contribution in [-0.4, -0.2) is 15.7 Å². The Morgan fingerprint density at radius 1 is 1.12 bits per heavy atom. The van der Waals surface area contributed by atoms with Gasteiger partial charge in [0.2, 0.25) is 5.91 Å². The normalized spacial score (nSPS) is 10.8. The van der Waals surface area contributed by atoms with Crippen LogP contribution in [0, 0.1) is 5.82 Å². The molecule has 0 aliphatic heterocycles. The Kier molecular flexibility index (Phi) is 4.37. The summed E-state index contributed by atoms with van der Waals surface area (Å²) < 4.78 is 14.1. The molecule has 1 N–H and O–H groups in total. The zero-order valence-corrected chi connectivity index (χ0v) is 13.1. The Balaban J connectivity index is 1.76. The van der Waals surface area contributed by atoms with Gasteiger partial charge in [-0.05, 0) is 23.8 Å². The van der Waals surface area contributed by atoms with E-state index in [1.165, 1.54) is 16.8 Å². The topological polar surface area (TPSA) is 64.0 Å². The number of rotatable bonds is 4. The average Bonchev–Trinajstić information content (AvgIpc) is 2.59. The van der Waals surface area contributed by atoms with E-state index in [0.29, 0.717) is 11.1 Å². The van der Waals surface area contributed by atoms with Gasteiger partial charge in [0.25, 0.3) is 5.56 Å². The SMILES string of the molecule is Cn1nc(CNC(=O)Cc2ccc(F)cc2)c2ccccc2c1=O. The van der Waals surface area contributed by atoms with Gasteiger partial charge >= 0.3 is 0 Å². The highest BCUT2D eigenvalue weighted by Crippen LogP contribution is 2.12. The van der Waals surface area contributed by atoms with Crippen LogP contribution in [0.25, 0.3) is 10.8 Å². The van der Waals surface area contributed by atoms with Crippen molar-refractivity contribution in [1.82, 2.24) is 15.1 Å². The lowest BCUT2D eigenvalue weighted by Gasteiger charge is -2.09. The number of hydrogen-bond donors (Lipinski definition) is 1. The third-order valence-corrected chi connectivity index (χ3v) is 3.76. The molecule has 3 aromatic rings. The molecule has 0 aliphatic carbocycles. The van der Waals surface area contributed by atoms with Gasteiger partial charge in [0.1, 0.15) is 5.82 Å². The smallest absolute Gasteiger partial charge is 0.274 e. The summed E-state index contributed by atoms with van der Waals surface area (Å²) in [6.07, 6.45) is 0.157. The third-order valence-electron chi connectivity index (χ3n) is 3.76. The second-order valence-corrected chi connectivity index (χ2v) is 5.50. The number of benzene rings is 2. The Bertz CT molecular complexity index is 949. The molecule has 24 heavy (non-hydrogen) atoms. The van der Waals surface area contributed by atoms with Crippen LogP contribution in [0.1, 0.15) is 11.3 Å². The molecule has 0 spiro atoms. The lowest BCUT2D eigenvalue weighted by molar-refractivity contribution is -0.120. The summed E-state index contributed by atoms with van der Waals surface area (Å²) in [5.74, 6) is -0.527. The number of amides is 1. The Labute approximate surface area is 137 Å². The molecule has 6 heteroatoms. The van der Waals surface area contributed by atoms with Crippen molar-refractivity contribution in [3.8, 4) is 0 Å². The second-order valence-electron chi connectivity index (χ2n) is 5.50. The summed E-state index contributed by atoms with van der Waals surface area (Å²) in [4.78, 5) is 24.1. The van der Waals surface area contributed by atoms with Crippen LogP contribution in [0.5, 0.6) is 0 Å². The first-order valence-corrected chi connectivity index (χ1v) is 7.50. The van der Waals surface area contributed by atoms with Gasteiger partial charge in [-0.25, -0.2) is 9.07 Å². The van der Waals surface area contributed by atoms with Gasteiger partial charge in [-0.1, -0.05) is 30.3 Å². The summed E-state index contributed by atoms with van der Waals surface area (Å²) in [7, 11) is 1.58. The van der Waals surface area contributed by atoms with Crippen molar-refractivity contribution in [3.63, 3.8) is 0 Å². The van der Waals surface area contributed by atoms with E-state index in [1.807, 2.05) is 12.1 Å². The van der Waals surface area contributed by atoms with Gasteiger partial charge in [0.05, 0.1) is 24.0 Å². The van der Waals surface area contributed by atoms with E-state index >= 15 is 0 Å². The van der Waals surface area contributed by atoms with Crippen molar-refractivity contribution in [2.75, 3.05) is 0 Å². The number of carbonyl (C=O) groups is 1. The first-order chi connectivity index (χ1) is 11.5. The lowest BCUT2D eigenvalue weighted by Crippen LogP contribution is -2.28. The molecule has 0 bridgehead atoms. The van der Waals surface area contributed by atoms with Crippen molar-refractivity contribution in [3.05, 3.63) is 76.0 Å². The number of fused-ring (bicyclic) bond motifs is 1. The predicted octanol–water partition coefficient (Wildman–Crippen LogP) is 1.93. The maximum Gasteiger partial charge on any atom is 0.274 e. The Hall–Kier alpha value is -3.02. The highest BCUT2D eigenvalue weighted by molar-refractivity contribution is 5.84. The highest BCUT2D eigenvalue weighted by atomic mass is 19.1. The predicted molar refractivity (Wildman–Crippen MR) is 88.9 cm³/mol. The molecular weight excluding hydrogens is 309 g/mol. The largest absolute Gasteiger partial charge is 0.350 e. The fraction of sp³-hybridized carbons (Fsp3) is 0.167. The van der Waals surface area contributed by atoms with Gasteiger partial charge < -0.3 is 5.32 Å². The molecule has 0 radical (unpaired) electrons. The minimum Gasteiger partial charge on any atom is -0.350 e. The molecule has 3 rings (SSSR count). The molecular formula is C18H16FN3O2. The third kappa shape index (κ3) is 3.32. The molecule has 1 aromatic heterocycles. The van der Waals surface area contributed by atoms with Crippen molar-refractivity contribution in [2.24, 2.45) is 7.05 Å².